The number of para-hydroxylation sites is 3. The Morgan fingerprint density at radius 3 is 2.33 bits per heavy atom. The van der Waals surface area contributed by atoms with E-state index in [9.17, 15) is 0 Å². The summed E-state index contributed by atoms with van der Waals surface area (Å²) in [6, 6.07) is 47.0. The van der Waals surface area contributed by atoms with Crippen molar-refractivity contribution in [3.05, 3.63) is 140 Å². The van der Waals surface area contributed by atoms with Gasteiger partial charge in [0.25, 0.3) is 6.33 Å². The van der Waals surface area contributed by atoms with E-state index in [0.29, 0.717) is 11.5 Å². The van der Waals surface area contributed by atoms with Gasteiger partial charge in [-0.15, -0.1) is 34.8 Å². The zero-order valence-corrected chi connectivity index (χ0v) is 27.8. The van der Waals surface area contributed by atoms with Gasteiger partial charge in [-0.25, -0.2) is 4.98 Å². The first-order valence-electron chi connectivity index (χ1n) is 14.7. The minimum atomic E-state index is -2.02. The van der Waals surface area contributed by atoms with E-state index in [1.165, 1.54) is 15.9 Å². The summed E-state index contributed by atoms with van der Waals surface area (Å²) in [5.41, 5.74) is 6.42. The Bertz CT molecular complexity index is 2400. The quantitative estimate of drug-likeness (QED) is 0.113. The van der Waals surface area contributed by atoms with Crippen LogP contribution < -0.4 is 19.7 Å². The maximum Gasteiger partial charge on any atom is 0.268 e. The van der Waals surface area contributed by atoms with Gasteiger partial charge in [0.05, 0.1) is 16.7 Å². The van der Waals surface area contributed by atoms with E-state index in [1.807, 2.05) is 42.6 Å². The molecule has 0 N–H and O–H groups in total. The van der Waals surface area contributed by atoms with E-state index in [1.54, 1.807) is 0 Å². The molecule has 3 aromatic heterocycles. The summed E-state index contributed by atoms with van der Waals surface area (Å²) < 4.78 is 13.0. The Morgan fingerprint density at radius 1 is 0.711 bits per heavy atom. The monoisotopic (exact) mass is 777 g/mol. The smallest absolute Gasteiger partial charge is 0.268 e. The zero-order valence-electron chi connectivity index (χ0n) is 24.6. The van der Waals surface area contributed by atoms with Gasteiger partial charge in [-0.1, -0.05) is 84.5 Å². The fourth-order valence-electron chi connectivity index (χ4n) is 6.72. The van der Waals surface area contributed by atoms with Crippen LogP contribution in [-0.4, -0.2) is 22.2 Å². The third-order valence-corrected chi connectivity index (χ3v) is 12.3. The number of fused-ring (bicyclic) bond motifs is 5. The molecule has 0 unspecified atom stereocenters. The minimum absolute atomic E-state index is 0. The van der Waals surface area contributed by atoms with E-state index in [2.05, 4.69) is 129 Å². The molecule has 0 bridgehead atoms. The summed E-state index contributed by atoms with van der Waals surface area (Å²) in [6.07, 6.45) is 5.47. The molecule has 4 heterocycles. The molecule has 7 heteroatoms. The summed E-state index contributed by atoms with van der Waals surface area (Å²) in [4.78, 5) is 4.65. The molecule has 0 aliphatic carbocycles. The van der Waals surface area contributed by atoms with Crippen molar-refractivity contribution in [3.63, 3.8) is 0 Å². The maximum atomic E-state index is 6.52. The standard InChI is InChI=1S/C38H26N4OSi.Pt/c1-44(2)35-21-19-28(24-34(35)41-25-40(26-11-4-3-5-12-26)32-15-10-16-36(44)38(32)41)43-27-18-20-30-29-13-6-7-14-31(29)42(33(30)23-27)37-17-8-9-22-39-37;/h3-22H,1-2H3;/q-2;. The SMILES string of the molecule is C[Si]1(C)c2ccc(Oc3[c-]c4c(cc3)c3ccccc3n4-c3ccccn3)[c-]c2-n2[c-][n+](-c3ccccc3)c3cccc1c32.[Pt]. The molecule has 45 heavy (non-hydrogen) atoms. The molecule has 0 saturated carbocycles. The van der Waals surface area contributed by atoms with Crippen LogP contribution in [0.15, 0.2) is 121 Å². The molecule has 0 atom stereocenters. The van der Waals surface area contributed by atoms with Gasteiger partial charge >= 0.3 is 0 Å². The predicted molar refractivity (Wildman–Crippen MR) is 177 cm³/mol. The summed E-state index contributed by atoms with van der Waals surface area (Å²) in [6.45, 7) is 4.83. The van der Waals surface area contributed by atoms with Crippen molar-refractivity contribution in [2.24, 2.45) is 0 Å². The van der Waals surface area contributed by atoms with Crippen LogP contribution in [0.4, 0.5) is 0 Å². The van der Waals surface area contributed by atoms with Crippen LogP contribution in [-0.2, 0) is 21.1 Å². The summed E-state index contributed by atoms with van der Waals surface area (Å²) in [7, 11) is -2.02. The van der Waals surface area contributed by atoms with Crippen molar-refractivity contribution in [3.8, 4) is 28.7 Å². The molecule has 9 rings (SSSR count). The Hall–Kier alpha value is -4.77. The second-order valence-electron chi connectivity index (χ2n) is 11.7. The van der Waals surface area contributed by atoms with Gasteiger partial charge in [0.2, 0.25) is 0 Å². The van der Waals surface area contributed by atoms with Crippen LogP contribution in [0, 0.1) is 18.5 Å². The number of pyridine rings is 1. The van der Waals surface area contributed by atoms with Crippen LogP contribution in [0.3, 0.4) is 0 Å². The molecule has 8 aromatic rings. The molecule has 1 aliphatic heterocycles. The fraction of sp³-hybridized carbons (Fsp3) is 0.0526. The zero-order chi connectivity index (χ0) is 29.4. The predicted octanol–water partition coefficient (Wildman–Crippen LogP) is 6.73. The van der Waals surface area contributed by atoms with E-state index in [0.717, 1.165) is 44.5 Å². The summed E-state index contributed by atoms with van der Waals surface area (Å²) >= 11 is 0. The molecule has 5 aromatic carbocycles. The average molecular weight is 778 g/mol. The van der Waals surface area contributed by atoms with Gasteiger partial charge < -0.3 is 13.9 Å². The topological polar surface area (TPSA) is 35.9 Å². The first-order valence-corrected chi connectivity index (χ1v) is 17.7. The number of hydrogen-bond donors (Lipinski definition) is 0. The Balaban J connectivity index is 0.00000300. The molecule has 5 nitrogen and oxygen atoms in total. The molecular weight excluding hydrogens is 752 g/mol. The van der Waals surface area contributed by atoms with Gasteiger partial charge in [-0.2, -0.15) is 12.1 Å². The fourth-order valence-corrected chi connectivity index (χ4v) is 9.62. The van der Waals surface area contributed by atoms with Crippen molar-refractivity contribution < 1.29 is 30.4 Å². The largest absolute Gasteiger partial charge is 0.510 e. The number of ether oxygens (including phenoxy) is 1. The van der Waals surface area contributed by atoms with Gasteiger partial charge in [0.15, 0.2) is 0 Å². The van der Waals surface area contributed by atoms with Gasteiger partial charge in [0.1, 0.15) is 5.82 Å². The number of benzene rings is 5. The Labute approximate surface area is 276 Å². The van der Waals surface area contributed by atoms with Crippen molar-refractivity contribution in [1.29, 1.82) is 0 Å². The Morgan fingerprint density at radius 2 is 1.49 bits per heavy atom. The molecule has 1 aliphatic rings. The number of nitrogens with zero attached hydrogens (tertiary/aromatic N) is 4. The molecule has 0 saturated heterocycles. The molecular formula is C38H26N4OPtSi-2. The minimum Gasteiger partial charge on any atom is -0.510 e. The second kappa shape index (κ2) is 10.4. The van der Waals surface area contributed by atoms with Crippen LogP contribution in [0.1, 0.15) is 0 Å². The second-order valence-corrected chi connectivity index (χ2v) is 16.0. The van der Waals surface area contributed by atoms with Crippen molar-refractivity contribution in [2.45, 2.75) is 13.1 Å². The average Bonchev–Trinajstić information content (AvgIpc) is 3.61. The van der Waals surface area contributed by atoms with Gasteiger partial charge in [0, 0.05) is 52.4 Å². The van der Waals surface area contributed by atoms with Crippen molar-refractivity contribution in [1.82, 2.24) is 14.1 Å². The number of imidazole rings is 1. The number of hydrogen-bond acceptors (Lipinski definition) is 2. The first-order chi connectivity index (χ1) is 21.6. The number of rotatable bonds is 4. The van der Waals surface area contributed by atoms with Crippen LogP contribution >= 0.6 is 0 Å². The molecule has 0 radical (unpaired) electrons. The first kappa shape index (κ1) is 27.8. The van der Waals surface area contributed by atoms with Crippen LogP contribution in [0.5, 0.6) is 11.5 Å². The van der Waals surface area contributed by atoms with E-state index >= 15 is 0 Å². The van der Waals surface area contributed by atoms with Crippen LogP contribution in [0.25, 0.3) is 50.0 Å². The van der Waals surface area contributed by atoms with Crippen molar-refractivity contribution >= 4 is 51.3 Å². The van der Waals surface area contributed by atoms with E-state index < -0.39 is 8.07 Å². The molecule has 220 valence electrons. The van der Waals surface area contributed by atoms with Crippen molar-refractivity contribution in [2.75, 3.05) is 0 Å². The van der Waals surface area contributed by atoms with Gasteiger partial charge in [-0.3, -0.25) is 4.57 Å². The molecule has 0 fully saturated rings. The summed E-state index contributed by atoms with van der Waals surface area (Å²) in [5, 5.41) is 4.97. The third kappa shape index (κ3) is 4.17. The van der Waals surface area contributed by atoms with Crippen LogP contribution in [0.2, 0.25) is 13.1 Å². The van der Waals surface area contributed by atoms with E-state index in [4.69, 9.17) is 4.74 Å². The Kier molecular flexibility index (Phi) is 6.42. The maximum absolute atomic E-state index is 6.52. The summed E-state index contributed by atoms with van der Waals surface area (Å²) in [5.74, 6) is 2.12. The van der Waals surface area contributed by atoms with Gasteiger partial charge in [-0.05, 0) is 41.4 Å². The number of aromatic nitrogens is 4. The molecule has 0 amide bonds. The normalized spacial score (nSPS) is 13.1. The van der Waals surface area contributed by atoms with E-state index in [-0.39, 0.29) is 21.1 Å². The molecule has 0 spiro atoms. The third-order valence-electron chi connectivity index (χ3n) is 8.82.